The van der Waals surface area contributed by atoms with Gasteiger partial charge < -0.3 is 19.0 Å². The molecule has 0 aliphatic carbocycles. The van der Waals surface area contributed by atoms with E-state index in [0.717, 1.165) is 36.9 Å². The van der Waals surface area contributed by atoms with Crippen molar-refractivity contribution in [1.82, 2.24) is 9.47 Å². The Bertz CT molecular complexity index is 1410. The lowest BCUT2D eigenvalue weighted by Gasteiger charge is -2.32. The minimum absolute atomic E-state index is 0.200. The summed E-state index contributed by atoms with van der Waals surface area (Å²) in [5, 5.41) is 1.94. The van der Waals surface area contributed by atoms with Crippen LogP contribution in [0.4, 0.5) is 5.88 Å². The van der Waals surface area contributed by atoms with Crippen molar-refractivity contribution in [3.8, 4) is 0 Å². The van der Waals surface area contributed by atoms with E-state index in [1.807, 2.05) is 29.6 Å². The van der Waals surface area contributed by atoms with Crippen molar-refractivity contribution in [1.29, 1.82) is 0 Å². The second-order valence-corrected chi connectivity index (χ2v) is 10.3. The first-order valence-corrected chi connectivity index (χ1v) is 12.9. The molecular weight excluding hydrogens is 472 g/mol. The summed E-state index contributed by atoms with van der Waals surface area (Å²) in [5.41, 5.74) is 0.771. The molecule has 1 fully saturated rings. The first-order chi connectivity index (χ1) is 16.5. The summed E-state index contributed by atoms with van der Waals surface area (Å²) in [6.07, 6.45) is 1.76. The van der Waals surface area contributed by atoms with E-state index >= 15 is 0 Å². The number of hydrogen-bond acceptors (Lipinski definition) is 9. The zero-order chi connectivity index (χ0) is 23.8. The largest absolute Gasteiger partial charge is 0.463 e. The molecule has 0 aromatic carbocycles. The lowest BCUT2D eigenvalue weighted by atomic mass is 10.0. The molecule has 1 atom stereocenters. The van der Waals surface area contributed by atoms with Crippen molar-refractivity contribution >= 4 is 40.6 Å². The molecule has 5 rings (SSSR count). The van der Waals surface area contributed by atoms with E-state index in [-0.39, 0.29) is 12.2 Å². The van der Waals surface area contributed by atoms with Crippen LogP contribution in [0.1, 0.15) is 30.5 Å². The predicted octanol–water partition coefficient (Wildman–Crippen LogP) is 2.20. The number of allylic oxidation sites excluding steroid dienone is 1. The SMILES string of the molecule is CCOC(=O)C1=C(C)N=c2s/c(=C/c3ccc(N4CCN(C)CC4)o3)c(=O)n2[C@H]1c1cccs1. The van der Waals surface area contributed by atoms with Gasteiger partial charge in [0.2, 0.25) is 0 Å². The number of ether oxygens (including phenoxy) is 1. The lowest BCUT2D eigenvalue weighted by Crippen LogP contribution is -2.44. The Kier molecular flexibility index (Phi) is 6.28. The topological polar surface area (TPSA) is 80.3 Å². The summed E-state index contributed by atoms with van der Waals surface area (Å²) in [6, 6.07) is 7.12. The second-order valence-electron chi connectivity index (χ2n) is 8.28. The number of rotatable bonds is 5. The van der Waals surface area contributed by atoms with Gasteiger partial charge in [-0.25, -0.2) is 9.79 Å². The molecule has 2 aliphatic heterocycles. The van der Waals surface area contributed by atoms with Crippen molar-refractivity contribution in [3.63, 3.8) is 0 Å². The van der Waals surface area contributed by atoms with Gasteiger partial charge in [0.05, 0.1) is 22.4 Å². The van der Waals surface area contributed by atoms with Crippen LogP contribution >= 0.6 is 22.7 Å². The Hall–Kier alpha value is -2.95. The number of aromatic nitrogens is 1. The maximum atomic E-state index is 13.6. The summed E-state index contributed by atoms with van der Waals surface area (Å²) in [7, 11) is 2.11. The Morgan fingerprint density at radius 2 is 2.06 bits per heavy atom. The minimum Gasteiger partial charge on any atom is -0.463 e. The van der Waals surface area contributed by atoms with Crippen molar-refractivity contribution < 1.29 is 13.9 Å². The summed E-state index contributed by atoms with van der Waals surface area (Å²) in [5.74, 6) is 0.983. The number of carbonyl (C=O) groups is 1. The predicted molar refractivity (Wildman–Crippen MR) is 133 cm³/mol. The molecule has 0 bridgehead atoms. The van der Waals surface area contributed by atoms with Crippen LogP contribution in [0.25, 0.3) is 6.08 Å². The zero-order valence-electron chi connectivity index (χ0n) is 19.3. The molecule has 3 aromatic rings. The van der Waals surface area contributed by atoms with Crippen molar-refractivity contribution in [2.24, 2.45) is 4.99 Å². The van der Waals surface area contributed by atoms with Crippen LogP contribution < -0.4 is 19.8 Å². The molecule has 1 saturated heterocycles. The van der Waals surface area contributed by atoms with Gasteiger partial charge in [0.25, 0.3) is 5.56 Å². The number of anilines is 1. The molecule has 0 amide bonds. The van der Waals surface area contributed by atoms with Gasteiger partial charge in [0.1, 0.15) is 11.8 Å². The molecule has 3 aromatic heterocycles. The summed E-state index contributed by atoms with van der Waals surface area (Å²) in [6.45, 7) is 7.59. The number of carbonyl (C=O) groups excluding carboxylic acids is 1. The van der Waals surface area contributed by atoms with Crippen LogP contribution in [0, 0.1) is 0 Å². The highest BCUT2D eigenvalue weighted by molar-refractivity contribution is 7.10. The fraction of sp³-hybridized carbons (Fsp3) is 0.375. The number of furan rings is 1. The van der Waals surface area contributed by atoms with Crippen LogP contribution in [-0.4, -0.2) is 55.3 Å². The van der Waals surface area contributed by atoms with Gasteiger partial charge in [-0.2, -0.15) is 0 Å². The first-order valence-electron chi connectivity index (χ1n) is 11.2. The Morgan fingerprint density at radius 3 is 2.76 bits per heavy atom. The third-order valence-electron chi connectivity index (χ3n) is 6.03. The van der Waals surface area contributed by atoms with E-state index in [1.54, 1.807) is 24.5 Å². The minimum atomic E-state index is -0.560. The lowest BCUT2D eigenvalue weighted by molar-refractivity contribution is -0.139. The fourth-order valence-electron chi connectivity index (χ4n) is 4.25. The van der Waals surface area contributed by atoms with Crippen LogP contribution in [0.2, 0.25) is 0 Å². The number of fused-ring (bicyclic) bond motifs is 1. The monoisotopic (exact) mass is 498 g/mol. The molecule has 2 aliphatic rings. The van der Waals surface area contributed by atoms with E-state index in [9.17, 15) is 9.59 Å². The molecule has 0 saturated carbocycles. The standard InChI is InChI=1S/C24H26N4O4S2/c1-4-31-23(30)20-15(2)25-24-28(21(20)17-6-5-13-33-17)22(29)18(34-24)14-16-7-8-19(32-16)27-11-9-26(3)10-12-27/h5-8,13-14,21H,4,9-12H2,1-3H3/b18-14+/t21-/m0/s1. The Balaban J connectivity index is 1.55. The van der Waals surface area contributed by atoms with Gasteiger partial charge in [-0.3, -0.25) is 9.36 Å². The normalized spacial score (nSPS) is 19.3. The van der Waals surface area contributed by atoms with Gasteiger partial charge in [-0.1, -0.05) is 17.4 Å². The van der Waals surface area contributed by atoms with Crippen LogP contribution in [0.15, 0.2) is 55.1 Å². The summed E-state index contributed by atoms with van der Waals surface area (Å²) in [4.78, 5) is 36.9. The maximum Gasteiger partial charge on any atom is 0.338 e. The van der Waals surface area contributed by atoms with Gasteiger partial charge >= 0.3 is 5.97 Å². The van der Waals surface area contributed by atoms with Gasteiger partial charge in [0, 0.05) is 43.2 Å². The van der Waals surface area contributed by atoms with Crippen LogP contribution in [0.3, 0.4) is 0 Å². The van der Waals surface area contributed by atoms with Gasteiger partial charge in [-0.05, 0) is 38.4 Å². The Morgan fingerprint density at radius 1 is 1.26 bits per heavy atom. The van der Waals surface area contributed by atoms with Crippen LogP contribution in [0.5, 0.6) is 0 Å². The van der Waals surface area contributed by atoms with Crippen LogP contribution in [-0.2, 0) is 9.53 Å². The van der Waals surface area contributed by atoms with E-state index in [2.05, 4.69) is 21.8 Å². The number of nitrogens with zero attached hydrogens (tertiary/aromatic N) is 4. The summed E-state index contributed by atoms with van der Waals surface area (Å²) >= 11 is 2.80. The number of thiazole rings is 1. The van der Waals surface area contributed by atoms with E-state index < -0.39 is 12.0 Å². The van der Waals surface area contributed by atoms with Crippen molar-refractivity contribution in [3.05, 3.63) is 71.2 Å². The number of thiophene rings is 1. The molecular formula is C24H26N4O4S2. The van der Waals surface area contributed by atoms with E-state index in [1.165, 1.54) is 22.7 Å². The smallest absolute Gasteiger partial charge is 0.338 e. The second kappa shape index (κ2) is 9.36. The third kappa shape index (κ3) is 4.17. The first kappa shape index (κ1) is 22.8. The fourth-order valence-corrected chi connectivity index (χ4v) is 6.10. The number of likely N-dealkylation sites (N-methyl/N-ethyl adjacent to an activating group) is 1. The van der Waals surface area contributed by atoms with E-state index in [0.29, 0.717) is 26.4 Å². The quantitative estimate of drug-likeness (QED) is 0.502. The highest BCUT2D eigenvalue weighted by Crippen LogP contribution is 2.33. The molecule has 34 heavy (non-hydrogen) atoms. The Labute approximate surface area is 204 Å². The molecule has 5 heterocycles. The van der Waals surface area contributed by atoms with Gasteiger partial charge in [0.15, 0.2) is 10.7 Å². The average Bonchev–Trinajstić information content (AvgIpc) is 3.56. The van der Waals surface area contributed by atoms with Gasteiger partial charge in [-0.15, -0.1) is 11.3 Å². The van der Waals surface area contributed by atoms with Crippen molar-refractivity contribution in [2.45, 2.75) is 19.9 Å². The molecule has 0 spiro atoms. The zero-order valence-corrected chi connectivity index (χ0v) is 20.9. The number of hydrogen-bond donors (Lipinski definition) is 0. The van der Waals surface area contributed by atoms with Crippen molar-refractivity contribution in [2.75, 3.05) is 44.7 Å². The molecule has 10 heteroatoms. The molecule has 8 nitrogen and oxygen atoms in total. The average molecular weight is 499 g/mol. The number of esters is 1. The van der Waals surface area contributed by atoms with E-state index in [4.69, 9.17) is 9.15 Å². The molecule has 0 unspecified atom stereocenters. The highest BCUT2D eigenvalue weighted by Gasteiger charge is 2.33. The molecule has 0 radical (unpaired) electrons. The summed E-state index contributed by atoms with van der Waals surface area (Å²) < 4.78 is 13.5. The maximum absolute atomic E-state index is 13.6. The third-order valence-corrected chi connectivity index (χ3v) is 7.94. The molecule has 0 N–H and O–H groups in total. The number of piperazine rings is 1. The highest BCUT2D eigenvalue weighted by atomic mass is 32.1. The molecule has 178 valence electrons.